The number of hydrogen-bond acceptors (Lipinski definition) is 9. The van der Waals surface area contributed by atoms with Gasteiger partial charge in [-0.25, -0.2) is 9.59 Å². The summed E-state index contributed by atoms with van der Waals surface area (Å²) in [6.07, 6.45) is 2.54. The van der Waals surface area contributed by atoms with E-state index in [1.165, 1.54) is 0 Å². The van der Waals surface area contributed by atoms with Gasteiger partial charge in [-0.15, -0.1) is 0 Å². The summed E-state index contributed by atoms with van der Waals surface area (Å²) in [5.41, 5.74) is 3.81. The molecule has 0 unspecified atom stereocenters. The van der Waals surface area contributed by atoms with Crippen molar-refractivity contribution >= 4 is 28.6 Å². The molecule has 1 aromatic heterocycles. The van der Waals surface area contributed by atoms with Gasteiger partial charge in [-0.3, -0.25) is 9.80 Å². The zero-order chi connectivity index (χ0) is 23.3. The molecule has 2 aromatic carbocycles. The molecule has 0 radical (unpaired) electrons. The molecule has 1 spiro atoms. The van der Waals surface area contributed by atoms with Gasteiger partial charge in [-0.1, -0.05) is 18.2 Å². The first-order valence-electron chi connectivity index (χ1n) is 11.3. The van der Waals surface area contributed by atoms with E-state index in [1.807, 2.05) is 30.3 Å². The lowest BCUT2D eigenvalue weighted by molar-refractivity contribution is -0.192. The molecule has 0 atom stereocenters. The topological polar surface area (TPSA) is 90.7 Å². The van der Waals surface area contributed by atoms with Crippen LogP contribution in [-0.2, 0) is 25.5 Å². The normalized spacial score (nSPS) is 19.5. The highest BCUT2D eigenvalue weighted by Crippen LogP contribution is 2.44. The third-order valence-corrected chi connectivity index (χ3v) is 6.56. The first-order chi connectivity index (χ1) is 16.5. The van der Waals surface area contributed by atoms with Crippen molar-refractivity contribution < 1.29 is 33.0 Å². The van der Waals surface area contributed by atoms with Gasteiger partial charge in [-0.2, -0.15) is 0 Å². The van der Waals surface area contributed by atoms with Crippen LogP contribution >= 0.6 is 0 Å². The van der Waals surface area contributed by atoms with E-state index < -0.39 is 17.8 Å². The minimum atomic E-state index is -1.56. The van der Waals surface area contributed by atoms with Crippen LogP contribution in [0.25, 0.3) is 11.0 Å². The Hall–Kier alpha value is -3.72. The molecule has 9 nitrogen and oxygen atoms in total. The predicted octanol–water partition coefficient (Wildman–Crippen LogP) is 2.63. The van der Waals surface area contributed by atoms with Gasteiger partial charge in [0.1, 0.15) is 18.8 Å². The summed E-state index contributed by atoms with van der Waals surface area (Å²) < 4.78 is 28.5. The van der Waals surface area contributed by atoms with Crippen molar-refractivity contribution in [3.63, 3.8) is 0 Å². The van der Waals surface area contributed by atoms with Gasteiger partial charge in [-0.05, 0) is 42.7 Å². The van der Waals surface area contributed by atoms with E-state index in [1.54, 1.807) is 11.2 Å². The molecule has 0 bridgehead atoms. The van der Waals surface area contributed by atoms with Crippen LogP contribution in [0.5, 0.6) is 11.5 Å². The monoisotopic (exact) mass is 464 g/mol. The Labute approximate surface area is 195 Å². The molecule has 0 aliphatic carbocycles. The largest absolute Gasteiger partial charge is 0.486 e. The molecule has 3 aliphatic rings. The summed E-state index contributed by atoms with van der Waals surface area (Å²) in [5, 5.41) is 1.13. The summed E-state index contributed by atoms with van der Waals surface area (Å²) in [6.45, 7) is 4.97. The number of furan rings is 1. The second-order valence-electron chi connectivity index (χ2n) is 8.68. The van der Waals surface area contributed by atoms with Gasteiger partial charge in [0.15, 0.2) is 11.5 Å². The molecule has 6 rings (SSSR count). The van der Waals surface area contributed by atoms with Crippen molar-refractivity contribution in [2.75, 3.05) is 44.3 Å². The number of carbonyl (C=O) groups excluding carboxylic acids is 2. The molecule has 9 heteroatoms. The van der Waals surface area contributed by atoms with Crippen molar-refractivity contribution in [1.82, 2.24) is 4.90 Å². The van der Waals surface area contributed by atoms with Gasteiger partial charge in [0.05, 0.1) is 18.5 Å². The molecular formula is C25H24N2O7. The van der Waals surface area contributed by atoms with Crippen LogP contribution in [0.3, 0.4) is 0 Å². The summed E-state index contributed by atoms with van der Waals surface area (Å²) >= 11 is 0. The minimum absolute atomic E-state index is 0.212. The number of esters is 2. The van der Waals surface area contributed by atoms with Gasteiger partial charge < -0.3 is 23.4 Å². The van der Waals surface area contributed by atoms with E-state index >= 15 is 0 Å². The third-order valence-electron chi connectivity index (χ3n) is 6.56. The summed E-state index contributed by atoms with van der Waals surface area (Å²) in [6, 6.07) is 11.5. The zero-order valence-corrected chi connectivity index (χ0v) is 18.7. The molecule has 3 aromatic rings. The maximum atomic E-state index is 12.1. The fourth-order valence-electron chi connectivity index (χ4n) is 5.00. The van der Waals surface area contributed by atoms with Crippen LogP contribution in [0.4, 0.5) is 5.69 Å². The highest BCUT2D eigenvalue weighted by atomic mass is 16.8. The number of nitrogens with zero attached hydrogens (tertiary/aromatic N) is 2. The highest BCUT2D eigenvalue weighted by Gasteiger charge is 2.56. The smallest absolute Gasteiger partial charge is 0.422 e. The molecule has 0 N–H and O–H groups in total. The molecule has 2 fully saturated rings. The number of carbonyl (C=O) groups is 2. The maximum absolute atomic E-state index is 12.1. The van der Waals surface area contributed by atoms with Crippen LogP contribution in [-0.4, -0.2) is 62.1 Å². The van der Waals surface area contributed by atoms with Crippen LogP contribution in [0, 0.1) is 6.92 Å². The minimum Gasteiger partial charge on any atom is -0.486 e. The second-order valence-corrected chi connectivity index (χ2v) is 8.68. The lowest BCUT2D eigenvalue weighted by Crippen LogP contribution is -2.64. The second kappa shape index (κ2) is 7.95. The Balaban J connectivity index is 1.27. The van der Waals surface area contributed by atoms with Gasteiger partial charge >= 0.3 is 17.8 Å². The number of benzene rings is 2. The first kappa shape index (κ1) is 20.9. The van der Waals surface area contributed by atoms with E-state index in [0.717, 1.165) is 28.5 Å². The standard InChI is InChI=1S/C25H24N2O7/c1-16-4-2-6-19-21(16)17(14-32-19)8-9-26-10-11-27(25(15-26)33-23(28)24(29)34-25)18-5-3-7-20-22(18)31-13-12-30-20/h2-7,14H,8-13,15H2,1H3. The summed E-state index contributed by atoms with van der Waals surface area (Å²) in [5.74, 6) is -2.38. The van der Waals surface area contributed by atoms with Crippen molar-refractivity contribution in [2.24, 2.45) is 0 Å². The van der Waals surface area contributed by atoms with Crippen molar-refractivity contribution in [3.8, 4) is 11.5 Å². The molecule has 3 aliphatic heterocycles. The van der Waals surface area contributed by atoms with E-state index in [9.17, 15) is 9.59 Å². The first-order valence-corrected chi connectivity index (χ1v) is 11.3. The van der Waals surface area contributed by atoms with Gasteiger partial charge in [0.25, 0.3) is 0 Å². The Morgan fingerprint density at radius 3 is 2.62 bits per heavy atom. The number of piperazine rings is 1. The Morgan fingerprint density at radius 2 is 1.76 bits per heavy atom. The Morgan fingerprint density at radius 1 is 0.971 bits per heavy atom. The highest BCUT2D eigenvalue weighted by molar-refractivity contribution is 6.31. The number of hydrogen-bond donors (Lipinski definition) is 0. The molecule has 0 amide bonds. The Bertz CT molecular complexity index is 1270. The molecule has 176 valence electrons. The average Bonchev–Trinajstić information content (AvgIpc) is 3.38. The molecule has 34 heavy (non-hydrogen) atoms. The third kappa shape index (κ3) is 3.35. The number of rotatable bonds is 4. The van der Waals surface area contributed by atoms with Crippen molar-refractivity contribution in [2.45, 2.75) is 19.3 Å². The van der Waals surface area contributed by atoms with E-state index in [4.69, 9.17) is 23.4 Å². The summed E-state index contributed by atoms with van der Waals surface area (Å²) in [4.78, 5) is 28.2. The molecular weight excluding hydrogens is 440 g/mol. The number of para-hydroxylation sites is 1. The van der Waals surface area contributed by atoms with Crippen LogP contribution in [0.15, 0.2) is 47.1 Å². The number of fused-ring (bicyclic) bond motifs is 2. The quantitative estimate of drug-likeness (QED) is 0.427. The van der Waals surface area contributed by atoms with E-state index in [0.29, 0.717) is 50.0 Å². The van der Waals surface area contributed by atoms with Crippen LogP contribution < -0.4 is 14.4 Å². The number of aryl methyl sites for hydroxylation is 1. The zero-order valence-electron chi connectivity index (χ0n) is 18.7. The Kier molecular flexibility index (Phi) is 4.88. The molecule has 4 heterocycles. The lowest BCUT2D eigenvalue weighted by atomic mass is 10.0. The lowest BCUT2D eigenvalue weighted by Gasteiger charge is -2.46. The fraction of sp³-hybridized carbons (Fsp3) is 0.360. The van der Waals surface area contributed by atoms with Crippen LogP contribution in [0.2, 0.25) is 0 Å². The van der Waals surface area contributed by atoms with Gasteiger partial charge in [0.2, 0.25) is 0 Å². The van der Waals surface area contributed by atoms with Crippen molar-refractivity contribution in [1.29, 1.82) is 0 Å². The SMILES string of the molecule is Cc1cccc2occ(CCN3CCN(c4cccc5c4OCCO5)C4(C3)OC(=O)C(=O)O4)c12. The maximum Gasteiger partial charge on any atom is 0.422 e. The van der Waals surface area contributed by atoms with E-state index in [-0.39, 0.29) is 6.54 Å². The molecule has 2 saturated heterocycles. The van der Waals surface area contributed by atoms with E-state index in [2.05, 4.69) is 17.9 Å². The average molecular weight is 464 g/mol. The van der Waals surface area contributed by atoms with Crippen LogP contribution in [0.1, 0.15) is 11.1 Å². The number of anilines is 1. The van der Waals surface area contributed by atoms with Crippen molar-refractivity contribution in [3.05, 3.63) is 53.8 Å². The predicted molar refractivity (Wildman–Crippen MR) is 121 cm³/mol. The number of ether oxygens (including phenoxy) is 4. The fourth-order valence-corrected chi connectivity index (χ4v) is 5.00. The van der Waals surface area contributed by atoms with Gasteiger partial charge in [0, 0.05) is 25.0 Å². The summed E-state index contributed by atoms with van der Waals surface area (Å²) in [7, 11) is 0. The molecule has 0 saturated carbocycles.